The summed E-state index contributed by atoms with van der Waals surface area (Å²) in [7, 11) is -3.82. The monoisotopic (exact) mass is 400 g/mol. The van der Waals surface area contributed by atoms with E-state index in [4.69, 9.17) is 9.15 Å². The average Bonchev–Trinajstić information content (AvgIpc) is 3.14. The Labute approximate surface area is 165 Å². The second-order valence-electron chi connectivity index (χ2n) is 6.38. The molecule has 28 heavy (non-hydrogen) atoms. The highest BCUT2D eigenvalue weighted by molar-refractivity contribution is 7.91. The highest BCUT2D eigenvalue weighted by Crippen LogP contribution is 2.33. The molecule has 1 atom stereocenters. The van der Waals surface area contributed by atoms with Gasteiger partial charge in [-0.2, -0.15) is 4.98 Å². The van der Waals surface area contributed by atoms with Crippen molar-refractivity contribution >= 4 is 15.7 Å². The van der Waals surface area contributed by atoms with Gasteiger partial charge in [0.1, 0.15) is 5.75 Å². The number of hydrogen-bond acceptors (Lipinski definition) is 6. The van der Waals surface area contributed by atoms with E-state index in [2.05, 4.69) is 10.3 Å². The van der Waals surface area contributed by atoms with E-state index in [1.165, 1.54) is 0 Å². The van der Waals surface area contributed by atoms with E-state index in [9.17, 15) is 8.42 Å². The fourth-order valence-corrected chi connectivity index (χ4v) is 3.89. The Hall–Kier alpha value is -2.80. The molecule has 0 amide bonds. The highest BCUT2D eigenvalue weighted by Gasteiger charge is 2.29. The van der Waals surface area contributed by atoms with E-state index in [0.29, 0.717) is 12.2 Å². The minimum atomic E-state index is -3.82. The summed E-state index contributed by atoms with van der Waals surface area (Å²) in [5.41, 5.74) is 0.671. The zero-order valence-electron chi connectivity index (χ0n) is 16.2. The number of oxazole rings is 1. The second-order valence-corrected chi connectivity index (χ2v) is 8.25. The number of hydrogen-bond donors (Lipinski definition) is 1. The lowest BCUT2D eigenvalue weighted by Gasteiger charge is -2.11. The van der Waals surface area contributed by atoms with Crippen molar-refractivity contribution in [1.29, 1.82) is 0 Å². The van der Waals surface area contributed by atoms with Crippen molar-refractivity contribution in [3.8, 4) is 17.2 Å². The van der Waals surface area contributed by atoms with Gasteiger partial charge in [-0.05, 0) is 56.7 Å². The lowest BCUT2D eigenvalue weighted by Crippen LogP contribution is -2.15. The maximum absolute atomic E-state index is 13.1. The first-order valence-corrected chi connectivity index (χ1v) is 10.7. The molecule has 6 nitrogen and oxygen atoms in total. The van der Waals surface area contributed by atoms with Crippen molar-refractivity contribution in [2.24, 2.45) is 0 Å². The second kappa shape index (κ2) is 8.48. The number of nitrogens with zero attached hydrogens (tertiary/aromatic N) is 1. The van der Waals surface area contributed by atoms with Crippen LogP contribution in [0.1, 0.15) is 27.2 Å². The molecular formula is C21H24N2O4S. The van der Waals surface area contributed by atoms with Crippen LogP contribution < -0.4 is 10.1 Å². The molecule has 2 aromatic carbocycles. The fraction of sp³-hybridized carbons (Fsp3) is 0.286. The molecule has 0 bridgehead atoms. The molecule has 148 valence electrons. The van der Waals surface area contributed by atoms with Crippen molar-refractivity contribution in [3.05, 3.63) is 54.6 Å². The van der Waals surface area contributed by atoms with Crippen LogP contribution in [-0.2, 0) is 9.84 Å². The van der Waals surface area contributed by atoms with Crippen molar-refractivity contribution in [1.82, 2.24) is 4.98 Å². The Balaban J connectivity index is 2.06. The van der Waals surface area contributed by atoms with Crippen LogP contribution in [0.3, 0.4) is 0 Å². The minimum Gasteiger partial charge on any atom is -0.494 e. The standard InChI is InChI=1S/C21H24N2O4S/c1-4-15(3)22-20-21(28(24,25)18-9-7-6-8-10-18)23-19(27-20)16-11-13-17(14-12-16)26-5-2/h6-15,22H,4-5H2,1-3H3. The van der Waals surface area contributed by atoms with E-state index >= 15 is 0 Å². The lowest BCUT2D eigenvalue weighted by atomic mass is 10.2. The Kier molecular flexibility index (Phi) is 6.04. The third-order valence-electron chi connectivity index (χ3n) is 4.31. The van der Waals surface area contributed by atoms with E-state index in [0.717, 1.165) is 12.2 Å². The summed E-state index contributed by atoms with van der Waals surface area (Å²) in [6, 6.07) is 15.5. The fourth-order valence-electron chi connectivity index (χ4n) is 2.60. The third kappa shape index (κ3) is 4.20. The molecule has 0 fully saturated rings. The Bertz CT molecular complexity index is 1010. The zero-order chi connectivity index (χ0) is 20.1. The van der Waals surface area contributed by atoms with E-state index in [1.807, 2.05) is 20.8 Å². The molecule has 0 aliphatic rings. The van der Waals surface area contributed by atoms with Crippen LogP contribution in [0, 0.1) is 0 Å². The molecule has 7 heteroatoms. The summed E-state index contributed by atoms with van der Waals surface area (Å²) in [5.74, 6) is 1.12. The number of benzene rings is 2. The first kappa shape index (κ1) is 19.9. The number of nitrogens with one attached hydrogen (secondary N) is 1. The molecule has 1 heterocycles. The molecule has 0 saturated carbocycles. The van der Waals surface area contributed by atoms with Crippen LogP contribution in [0.5, 0.6) is 5.75 Å². The van der Waals surface area contributed by atoms with Gasteiger partial charge >= 0.3 is 0 Å². The number of ether oxygens (including phenoxy) is 1. The Morgan fingerprint density at radius 1 is 1.07 bits per heavy atom. The molecule has 0 aliphatic heterocycles. The van der Waals surface area contributed by atoms with Gasteiger partial charge in [0.2, 0.25) is 26.6 Å². The topological polar surface area (TPSA) is 81.4 Å². The SMILES string of the molecule is CCOc1ccc(-c2nc(S(=O)(=O)c3ccccc3)c(NC(C)CC)o2)cc1. The van der Waals surface area contributed by atoms with Crippen LogP contribution in [-0.4, -0.2) is 26.1 Å². The molecule has 0 radical (unpaired) electrons. The van der Waals surface area contributed by atoms with Gasteiger partial charge in [-0.1, -0.05) is 25.1 Å². The summed E-state index contributed by atoms with van der Waals surface area (Å²) in [5, 5.41) is 3.02. The van der Waals surface area contributed by atoms with Crippen LogP contribution in [0.15, 0.2) is 68.9 Å². The van der Waals surface area contributed by atoms with Gasteiger partial charge in [-0.3, -0.25) is 0 Å². The summed E-state index contributed by atoms with van der Waals surface area (Å²) >= 11 is 0. The average molecular weight is 401 g/mol. The molecule has 1 N–H and O–H groups in total. The van der Waals surface area contributed by atoms with E-state index < -0.39 is 9.84 Å². The van der Waals surface area contributed by atoms with Gasteiger partial charge in [0.25, 0.3) is 0 Å². The van der Waals surface area contributed by atoms with Crippen LogP contribution in [0.25, 0.3) is 11.5 Å². The predicted octanol–water partition coefficient (Wildman–Crippen LogP) is 4.78. The van der Waals surface area contributed by atoms with Gasteiger partial charge in [0.05, 0.1) is 11.5 Å². The highest BCUT2D eigenvalue weighted by atomic mass is 32.2. The number of sulfone groups is 1. The maximum Gasteiger partial charge on any atom is 0.234 e. The van der Waals surface area contributed by atoms with Crippen molar-refractivity contribution in [2.75, 3.05) is 11.9 Å². The van der Waals surface area contributed by atoms with Crippen LogP contribution >= 0.6 is 0 Å². The molecule has 0 aliphatic carbocycles. The molecule has 3 rings (SSSR count). The van der Waals surface area contributed by atoms with E-state index in [1.54, 1.807) is 54.6 Å². The largest absolute Gasteiger partial charge is 0.494 e. The predicted molar refractivity (Wildman–Crippen MR) is 108 cm³/mol. The van der Waals surface area contributed by atoms with Gasteiger partial charge in [-0.15, -0.1) is 0 Å². The molecule has 1 aromatic heterocycles. The van der Waals surface area contributed by atoms with Crippen molar-refractivity contribution in [2.45, 2.75) is 43.2 Å². The minimum absolute atomic E-state index is 0.0332. The number of aromatic nitrogens is 1. The van der Waals surface area contributed by atoms with Gasteiger partial charge in [0.15, 0.2) is 0 Å². The number of rotatable bonds is 8. The molecular weight excluding hydrogens is 376 g/mol. The summed E-state index contributed by atoms with van der Waals surface area (Å²) in [6.45, 7) is 6.45. The maximum atomic E-state index is 13.1. The quantitative estimate of drug-likeness (QED) is 0.586. The van der Waals surface area contributed by atoms with Gasteiger partial charge < -0.3 is 14.5 Å². The number of anilines is 1. The first-order chi connectivity index (χ1) is 13.5. The van der Waals surface area contributed by atoms with E-state index in [-0.39, 0.29) is 27.7 Å². The molecule has 0 spiro atoms. The normalized spacial score (nSPS) is 12.5. The molecule has 3 aromatic rings. The summed E-state index contributed by atoms with van der Waals surface area (Å²) < 4.78 is 37.5. The zero-order valence-corrected chi connectivity index (χ0v) is 17.0. The molecule has 1 unspecified atom stereocenters. The lowest BCUT2D eigenvalue weighted by molar-refractivity contribution is 0.340. The van der Waals surface area contributed by atoms with Crippen molar-refractivity contribution in [3.63, 3.8) is 0 Å². The van der Waals surface area contributed by atoms with Crippen LogP contribution in [0.4, 0.5) is 5.88 Å². The summed E-state index contributed by atoms with van der Waals surface area (Å²) in [4.78, 5) is 4.51. The smallest absolute Gasteiger partial charge is 0.234 e. The third-order valence-corrected chi connectivity index (χ3v) is 5.98. The van der Waals surface area contributed by atoms with Gasteiger partial charge in [-0.25, -0.2) is 8.42 Å². The Morgan fingerprint density at radius 2 is 1.75 bits per heavy atom. The Morgan fingerprint density at radius 3 is 2.36 bits per heavy atom. The molecule has 0 saturated heterocycles. The van der Waals surface area contributed by atoms with Gasteiger partial charge in [0, 0.05) is 11.6 Å². The van der Waals surface area contributed by atoms with Crippen molar-refractivity contribution < 1.29 is 17.6 Å². The summed E-state index contributed by atoms with van der Waals surface area (Å²) in [6.07, 6.45) is 0.809. The first-order valence-electron chi connectivity index (χ1n) is 9.26. The van der Waals surface area contributed by atoms with Crippen LogP contribution in [0.2, 0.25) is 0 Å².